The Kier molecular flexibility index (Phi) is 6.00. The maximum Gasteiger partial charge on any atom is 0.186 e. The van der Waals surface area contributed by atoms with E-state index in [9.17, 15) is 0 Å². The molecule has 24 heavy (non-hydrogen) atoms. The summed E-state index contributed by atoms with van der Waals surface area (Å²) >= 11 is 6.27. The van der Waals surface area contributed by atoms with Gasteiger partial charge in [0.1, 0.15) is 5.75 Å². The molecule has 3 nitrogen and oxygen atoms in total. The first-order chi connectivity index (χ1) is 11.8. The average molecular weight is 346 g/mol. The molecule has 1 aliphatic rings. The zero-order valence-corrected chi connectivity index (χ0v) is 14.6. The fourth-order valence-corrected chi connectivity index (χ4v) is 3.73. The van der Waals surface area contributed by atoms with Crippen molar-refractivity contribution in [3.05, 3.63) is 59.2 Å². The van der Waals surface area contributed by atoms with Gasteiger partial charge in [-0.25, -0.2) is 0 Å². The van der Waals surface area contributed by atoms with E-state index in [2.05, 4.69) is 35.2 Å². The van der Waals surface area contributed by atoms with Gasteiger partial charge in [0.2, 0.25) is 0 Å². The molecule has 0 radical (unpaired) electrons. The second-order valence-electron chi connectivity index (χ2n) is 6.16. The molecule has 3 rings (SSSR count). The Morgan fingerprint density at radius 1 is 0.958 bits per heavy atom. The second-order valence-corrected chi connectivity index (χ2v) is 6.42. The highest BCUT2D eigenvalue weighted by Crippen LogP contribution is 2.35. The first kappa shape index (κ1) is 17.1. The number of ether oxygens (including phenoxy) is 1. The van der Waals surface area contributed by atoms with Crippen LogP contribution < -0.4 is 9.64 Å². The summed E-state index contributed by atoms with van der Waals surface area (Å²) in [7, 11) is 0. The monoisotopic (exact) mass is 345 g/mol. The normalized spacial score (nSPS) is 14.7. The van der Waals surface area contributed by atoms with Crippen molar-refractivity contribution in [3.8, 4) is 5.75 Å². The molecule has 0 aromatic heterocycles. The van der Waals surface area contributed by atoms with Gasteiger partial charge in [0, 0.05) is 24.3 Å². The number of anilines is 1. The third-order valence-corrected chi connectivity index (χ3v) is 4.90. The number of aliphatic hydroxyl groups is 1. The van der Waals surface area contributed by atoms with Gasteiger partial charge in [0.15, 0.2) is 6.79 Å². The number of hydrogen-bond acceptors (Lipinski definition) is 3. The minimum Gasteiger partial charge on any atom is -0.467 e. The third-order valence-electron chi connectivity index (χ3n) is 4.64. The van der Waals surface area contributed by atoms with Crippen LogP contribution in [-0.2, 0) is 12.3 Å². The van der Waals surface area contributed by atoms with Crippen LogP contribution in [0.2, 0.25) is 0 Å². The standard InChI is InChI=1S/C20H24ClNO2/c21-14-18-17(13-16-7-3-1-4-8-16)19(9-10-20(18)24-15-23)22-11-5-2-6-12-22/h1,3-4,7-10,23H,2,5-6,11-15H2. The van der Waals surface area contributed by atoms with E-state index < -0.39 is 0 Å². The summed E-state index contributed by atoms with van der Waals surface area (Å²) in [5.41, 5.74) is 4.70. The third kappa shape index (κ3) is 3.85. The molecular formula is C20H24ClNO2. The summed E-state index contributed by atoms with van der Waals surface area (Å²) in [6.07, 6.45) is 4.59. The largest absolute Gasteiger partial charge is 0.467 e. The van der Waals surface area contributed by atoms with E-state index in [-0.39, 0.29) is 6.79 Å². The molecule has 1 fully saturated rings. The molecule has 0 spiro atoms. The molecule has 2 aromatic rings. The smallest absolute Gasteiger partial charge is 0.186 e. The maximum absolute atomic E-state index is 9.16. The Morgan fingerprint density at radius 2 is 1.71 bits per heavy atom. The highest BCUT2D eigenvalue weighted by molar-refractivity contribution is 6.17. The summed E-state index contributed by atoms with van der Waals surface area (Å²) in [5, 5.41) is 9.16. The van der Waals surface area contributed by atoms with Crippen molar-refractivity contribution in [2.24, 2.45) is 0 Å². The predicted molar refractivity (Wildman–Crippen MR) is 99.0 cm³/mol. The van der Waals surface area contributed by atoms with Crippen molar-refractivity contribution >= 4 is 17.3 Å². The van der Waals surface area contributed by atoms with Gasteiger partial charge in [0.25, 0.3) is 0 Å². The van der Waals surface area contributed by atoms with Crippen LogP contribution in [0.5, 0.6) is 5.75 Å². The molecule has 1 heterocycles. The number of halogens is 1. The first-order valence-corrected chi connectivity index (χ1v) is 9.10. The lowest BCUT2D eigenvalue weighted by molar-refractivity contribution is 0.0977. The zero-order chi connectivity index (χ0) is 16.8. The second kappa shape index (κ2) is 8.41. The number of piperidine rings is 1. The quantitative estimate of drug-likeness (QED) is 0.624. The molecule has 1 N–H and O–H groups in total. The van der Waals surface area contributed by atoms with Gasteiger partial charge in [0.05, 0.1) is 5.88 Å². The first-order valence-electron chi connectivity index (χ1n) is 8.56. The molecule has 1 saturated heterocycles. The molecule has 2 aromatic carbocycles. The molecule has 0 amide bonds. The fourth-order valence-electron chi connectivity index (χ4n) is 3.44. The topological polar surface area (TPSA) is 32.7 Å². The van der Waals surface area contributed by atoms with Gasteiger partial charge >= 0.3 is 0 Å². The van der Waals surface area contributed by atoms with E-state index in [1.165, 1.54) is 36.1 Å². The molecule has 0 atom stereocenters. The van der Waals surface area contributed by atoms with Crippen LogP contribution in [0.3, 0.4) is 0 Å². The SMILES string of the molecule is OCOc1ccc(N2CCCCC2)c(Cc2ccccc2)c1CCl. The van der Waals surface area contributed by atoms with Crippen LogP contribution in [0.25, 0.3) is 0 Å². The number of rotatable bonds is 6. The van der Waals surface area contributed by atoms with Crippen molar-refractivity contribution in [1.82, 2.24) is 0 Å². The van der Waals surface area contributed by atoms with E-state index in [0.29, 0.717) is 11.6 Å². The molecule has 0 unspecified atom stereocenters. The zero-order valence-electron chi connectivity index (χ0n) is 13.9. The van der Waals surface area contributed by atoms with Gasteiger partial charge in [-0.1, -0.05) is 30.3 Å². The van der Waals surface area contributed by atoms with E-state index in [4.69, 9.17) is 21.4 Å². The lowest BCUT2D eigenvalue weighted by Gasteiger charge is -2.32. The Morgan fingerprint density at radius 3 is 2.38 bits per heavy atom. The molecule has 128 valence electrons. The van der Waals surface area contributed by atoms with Gasteiger partial charge in [-0.2, -0.15) is 0 Å². The van der Waals surface area contributed by atoms with Gasteiger partial charge < -0.3 is 14.7 Å². The lowest BCUT2D eigenvalue weighted by Crippen LogP contribution is -2.30. The van der Waals surface area contributed by atoms with Crippen molar-refractivity contribution in [3.63, 3.8) is 0 Å². The Labute approximate surface area is 148 Å². The number of alkyl halides is 1. The lowest BCUT2D eigenvalue weighted by atomic mass is 9.96. The Bertz CT molecular complexity index is 654. The molecule has 1 aliphatic heterocycles. The van der Waals surface area contributed by atoms with Crippen LogP contribution in [0, 0.1) is 0 Å². The summed E-state index contributed by atoms with van der Waals surface area (Å²) < 4.78 is 5.40. The number of benzene rings is 2. The van der Waals surface area contributed by atoms with Crippen LogP contribution in [0.1, 0.15) is 36.0 Å². The summed E-state index contributed by atoms with van der Waals surface area (Å²) in [6, 6.07) is 14.5. The predicted octanol–water partition coefficient (Wildman–Crippen LogP) is 4.34. The Balaban J connectivity index is 2.03. The molecular weight excluding hydrogens is 322 g/mol. The molecule has 0 saturated carbocycles. The van der Waals surface area contributed by atoms with Crippen molar-refractivity contribution < 1.29 is 9.84 Å². The van der Waals surface area contributed by atoms with Crippen LogP contribution in [0.4, 0.5) is 5.69 Å². The number of aliphatic hydroxyl groups excluding tert-OH is 1. The highest BCUT2D eigenvalue weighted by Gasteiger charge is 2.20. The molecule has 0 bridgehead atoms. The van der Waals surface area contributed by atoms with E-state index in [1.807, 2.05) is 12.1 Å². The fraction of sp³-hybridized carbons (Fsp3) is 0.400. The summed E-state index contributed by atoms with van der Waals surface area (Å²) in [5.74, 6) is 1.05. The summed E-state index contributed by atoms with van der Waals surface area (Å²) in [6.45, 7) is 1.84. The minimum atomic E-state index is -0.336. The highest BCUT2D eigenvalue weighted by atomic mass is 35.5. The maximum atomic E-state index is 9.16. The van der Waals surface area contributed by atoms with Crippen LogP contribution >= 0.6 is 11.6 Å². The van der Waals surface area contributed by atoms with Crippen LogP contribution in [-0.4, -0.2) is 25.0 Å². The van der Waals surface area contributed by atoms with E-state index >= 15 is 0 Å². The van der Waals surface area contributed by atoms with Crippen molar-refractivity contribution in [2.75, 3.05) is 24.8 Å². The van der Waals surface area contributed by atoms with Gasteiger partial charge in [-0.05, 0) is 48.9 Å². The minimum absolute atomic E-state index is 0.336. The molecule has 4 heteroatoms. The van der Waals surface area contributed by atoms with Gasteiger partial charge in [-0.3, -0.25) is 0 Å². The average Bonchev–Trinajstić information content (AvgIpc) is 2.64. The Hall–Kier alpha value is -1.71. The van der Waals surface area contributed by atoms with E-state index in [0.717, 1.165) is 25.1 Å². The van der Waals surface area contributed by atoms with Crippen molar-refractivity contribution in [2.45, 2.75) is 31.6 Å². The number of nitrogens with zero attached hydrogens (tertiary/aromatic N) is 1. The number of hydrogen-bond donors (Lipinski definition) is 1. The summed E-state index contributed by atoms with van der Waals surface area (Å²) in [4.78, 5) is 2.46. The van der Waals surface area contributed by atoms with Gasteiger partial charge in [-0.15, -0.1) is 11.6 Å². The van der Waals surface area contributed by atoms with E-state index in [1.54, 1.807) is 0 Å². The van der Waals surface area contributed by atoms with Crippen LogP contribution in [0.15, 0.2) is 42.5 Å². The van der Waals surface area contributed by atoms with Crippen molar-refractivity contribution in [1.29, 1.82) is 0 Å². The molecule has 0 aliphatic carbocycles.